The number of amides is 1. The lowest BCUT2D eigenvalue weighted by Gasteiger charge is -2.13. The smallest absolute Gasteiger partial charge is 0.262 e. The van der Waals surface area contributed by atoms with Crippen LogP contribution in [0.15, 0.2) is 71.6 Å². The molecule has 2 N–H and O–H groups in total. The Bertz CT molecular complexity index is 1170. The zero-order chi connectivity index (χ0) is 21.0. The summed E-state index contributed by atoms with van der Waals surface area (Å²) in [5.74, 6) is -0.960. The van der Waals surface area contributed by atoms with Gasteiger partial charge in [0.1, 0.15) is 11.6 Å². The molecule has 0 fully saturated rings. The van der Waals surface area contributed by atoms with Crippen molar-refractivity contribution in [2.45, 2.75) is 4.90 Å². The van der Waals surface area contributed by atoms with E-state index in [4.69, 9.17) is 16.3 Å². The number of carbonyl (C=O) groups excluding carboxylic acids is 1. The summed E-state index contributed by atoms with van der Waals surface area (Å²) < 4.78 is 46.8. The molecule has 150 valence electrons. The van der Waals surface area contributed by atoms with Crippen LogP contribution in [0, 0.1) is 5.82 Å². The molecule has 0 aromatic heterocycles. The van der Waals surface area contributed by atoms with E-state index in [9.17, 15) is 17.6 Å². The van der Waals surface area contributed by atoms with Crippen LogP contribution in [0.2, 0.25) is 5.02 Å². The number of carbonyl (C=O) groups is 1. The second kappa shape index (κ2) is 8.50. The van der Waals surface area contributed by atoms with Crippen LogP contribution >= 0.6 is 11.6 Å². The molecule has 29 heavy (non-hydrogen) atoms. The summed E-state index contributed by atoms with van der Waals surface area (Å²) in [6.45, 7) is 0. The van der Waals surface area contributed by atoms with Crippen molar-refractivity contribution in [2.75, 3.05) is 17.1 Å². The minimum absolute atomic E-state index is 0.00690. The van der Waals surface area contributed by atoms with Crippen molar-refractivity contribution in [3.63, 3.8) is 0 Å². The zero-order valence-corrected chi connectivity index (χ0v) is 16.7. The molecule has 0 aliphatic heterocycles. The fourth-order valence-corrected chi connectivity index (χ4v) is 3.80. The molecular weight excluding hydrogens is 419 g/mol. The summed E-state index contributed by atoms with van der Waals surface area (Å²) >= 11 is 5.93. The lowest BCUT2D eigenvalue weighted by molar-refractivity contribution is 0.102. The highest BCUT2D eigenvalue weighted by atomic mass is 35.5. The van der Waals surface area contributed by atoms with Gasteiger partial charge < -0.3 is 10.1 Å². The quantitative estimate of drug-likeness (QED) is 0.596. The lowest BCUT2D eigenvalue weighted by Crippen LogP contribution is -2.16. The fourth-order valence-electron chi connectivity index (χ4n) is 2.53. The minimum Gasteiger partial charge on any atom is -0.495 e. The molecule has 0 saturated carbocycles. The Morgan fingerprint density at radius 3 is 2.48 bits per heavy atom. The number of anilines is 2. The van der Waals surface area contributed by atoms with Crippen molar-refractivity contribution < 1.29 is 22.3 Å². The summed E-state index contributed by atoms with van der Waals surface area (Å²) in [5.41, 5.74) is 0.197. The van der Waals surface area contributed by atoms with Gasteiger partial charge in [-0.25, -0.2) is 12.8 Å². The number of hydrogen-bond donors (Lipinski definition) is 2. The van der Waals surface area contributed by atoms with Crippen LogP contribution in [0.3, 0.4) is 0 Å². The second-order valence-electron chi connectivity index (χ2n) is 5.91. The molecule has 0 heterocycles. The van der Waals surface area contributed by atoms with Crippen LogP contribution in [0.4, 0.5) is 15.8 Å². The van der Waals surface area contributed by atoms with Crippen molar-refractivity contribution in [1.29, 1.82) is 0 Å². The number of ether oxygens (including phenoxy) is 1. The number of methoxy groups -OCH3 is 1. The summed E-state index contributed by atoms with van der Waals surface area (Å²) in [6, 6.07) is 15.5. The molecule has 3 aromatic rings. The number of sulfonamides is 1. The normalized spacial score (nSPS) is 11.0. The molecular formula is C20H16ClFN2O4S. The molecule has 1 amide bonds. The molecule has 0 spiro atoms. The van der Waals surface area contributed by atoms with Crippen LogP contribution < -0.4 is 14.8 Å². The molecule has 0 radical (unpaired) electrons. The van der Waals surface area contributed by atoms with Crippen LogP contribution in [0.25, 0.3) is 0 Å². The van der Waals surface area contributed by atoms with Crippen molar-refractivity contribution in [1.82, 2.24) is 0 Å². The standard InChI is InChI=1S/C20H16ClFN2O4S/c1-28-19-10-9-14(21)12-18(19)24-29(26,27)15-6-4-5-13(11-15)20(25)23-17-8-3-2-7-16(17)22/h2-12,24H,1H3,(H,23,25). The molecule has 9 heteroatoms. The molecule has 3 rings (SSSR count). The zero-order valence-electron chi connectivity index (χ0n) is 15.1. The first-order valence-electron chi connectivity index (χ1n) is 8.32. The Morgan fingerprint density at radius 1 is 1.00 bits per heavy atom. The number of benzene rings is 3. The maximum Gasteiger partial charge on any atom is 0.262 e. The predicted molar refractivity (Wildman–Crippen MR) is 110 cm³/mol. The van der Waals surface area contributed by atoms with E-state index in [2.05, 4.69) is 10.0 Å². The van der Waals surface area contributed by atoms with Crippen molar-refractivity contribution >= 4 is 38.9 Å². The Labute approximate surface area is 172 Å². The van der Waals surface area contributed by atoms with Crippen molar-refractivity contribution in [3.8, 4) is 5.75 Å². The van der Waals surface area contributed by atoms with E-state index < -0.39 is 21.7 Å². The third kappa shape index (κ3) is 4.85. The fraction of sp³-hybridized carbons (Fsp3) is 0.0500. The van der Waals surface area contributed by atoms with Crippen molar-refractivity contribution in [3.05, 3.63) is 83.1 Å². The topological polar surface area (TPSA) is 84.5 Å². The maximum atomic E-state index is 13.7. The Kier molecular flexibility index (Phi) is 6.05. The van der Waals surface area contributed by atoms with Crippen LogP contribution in [-0.4, -0.2) is 21.4 Å². The van der Waals surface area contributed by atoms with Gasteiger partial charge in [-0.05, 0) is 48.5 Å². The first kappa shape index (κ1) is 20.6. The summed E-state index contributed by atoms with van der Waals surface area (Å²) in [5, 5.41) is 2.73. The summed E-state index contributed by atoms with van der Waals surface area (Å²) in [4.78, 5) is 12.3. The van der Waals surface area contributed by atoms with Gasteiger partial charge in [0, 0.05) is 10.6 Å². The number of nitrogens with one attached hydrogen (secondary N) is 2. The molecule has 0 saturated heterocycles. The van der Waals surface area contributed by atoms with E-state index in [1.807, 2.05) is 0 Å². The van der Waals surface area contributed by atoms with Gasteiger partial charge in [-0.1, -0.05) is 29.8 Å². The van der Waals surface area contributed by atoms with Gasteiger partial charge in [0.15, 0.2) is 0 Å². The van der Waals surface area contributed by atoms with E-state index in [1.54, 1.807) is 12.1 Å². The monoisotopic (exact) mass is 434 g/mol. The van der Waals surface area contributed by atoms with E-state index in [0.29, 0.717) is 5.02 Å². The Balaban J connectivity index is 1.87. The number of para-hydroxylation sites is 1. The first-order valence-corrected chi connectivity index (χ1v) is 10.2. The van der Waals surface area contributed by atoms with E-state index in [0.717, 1.165) is 0 Å². The molecule has 0 atom stereocenters. The Morgan fingerprint density at radius 2 is 1.76 bits per heavy atom. The number of halogens is 2. The van der Waals surface area contributed by atoms with E-state index in [1.165, 1.54) is 61.7 Å². The minimum atomic E-state index is -4.04. The molecule has 0 aliphatic rings. The Hall–Kier alpha value is -3.10. The predicted octanol–water partition coefficient (Wildman–Crippen LogP) is 4.54. The summed E-state index contributed by atoms with van der Waals surface area (Å²) in [6.07, 6.45) is 0. The van der Waals surface area contributed by atoms with Crippen LogP contribution in [-0.2, 0) is 10.0 Å². The molecule has 0 unspecified atom stereocenters. The SMILES string of the molecule is COc1ccc(Cl)cc1NS(=O)(=O)c1cccc(C(=O)Nc2ccccc2F)c1. The van der Waals surface area contributed by atoms with Crippen LogP contribution in [0.1, 0.15) is 10.4 Å². The average Bonchev–Trinajstić information content (AvgIpc) is 2.70. The van der Waals surface area contributed by atoms with Gasteiger partial charge in [-0.2, -0.15) is 0 Å². The molecule has 3 aromatic carbocycles. The molecule has 0 aliphatic carbocycles. The lowest BCUT2D eigenvalue weighted by atomic mass is 10.2. The highest BCUT2D eigenvalue weighted by molar-refractivity contribution is 7.92. The maximum absolute atomic E-state index is 13.7. The van der Waals surface area contributed by atoms with Crippen molar-refractivity contribution in [2.24, 2.45) is 0 Å². The van der Waals surface area contributed by atoms with Gasteiger partial charge >= 0.3 is 0 Å². The largest absolute Gasteiger partial charge is 0.495 e. The highest BCUT2D eigenvalue weighted by Gasteiger charge is 2.19. The molecule has 0 bridgehead atoms. The van der Waals surface area contributed by atoms with E-state index >= 15 is 0 Å². The number of rotatable bonds is 6. The third-order valence-electron chi connectivity index (χ3n) is 3.93. The van der Waals surface area contributed by atoms with Gasteiger partial charge in [-0.3, -0.25) is 9.52 Å². The number of hydrogen-bond acceptors (Lipinski definition) is 4. The first-order chi connectivity index (χ1) is 13.8. The second-order valence-corrected chi connectivity index (χ2v) is 8.03. The van der Waals surface area contributed by atoms with Gasteiger partial charge in [0.2, 0.25) is 0 Å². The van der Waals surface area contributed by atoms with Gasteiger partial charge in [-0.15, -0.1) is 0 Å². The molecule has 6 nitrogen and oxygen atoms in total. The van der Waals surface area contributed by atoms with E-state index in [-0.39, 0.29) is 27.6 Å². The van der Waals surface area contributed by atoms with Gasteiger partial charge in [0.25, 0.3) is 15.9 Å². The highest BCUT2D eigenvalue weighted by Crippen LogP contribution is 2.30. The van der Waals surface area contributed by atoms with Gasteiger partial charge in [0.05, 0.1) is 23.4 Å². The summed E-state index contributed by atoms with van der Waals surface area (Å²) in [7, 11) is -2.64. The average molecular weight is 435 g/mol. The van der Waals surface area contributed by atoms with Crippen LogP contribution in [0.5, 0.6) is 5.75 Å². The third-order valence-corrected chi connectivity index (χ3v) is 5.53.